The van der Waals surface area contributed by atoms with Gasteiger partial charge >= 0.3 is 0 Å². The van der Waals surface area contributed by atoms with Crippen LogP contribution in [-0.2, 0) is 32.6 Å². The van der Waals surface area contributed by atoms with Crippen LogP contribution in [-0.4, -0.2) is 57.6 Å². The molecule has 0 aliphatic carbocycles. The van der Waals surface area contributed by atoms with Gasteiger partial charge in [0.1, 0.15) is 11.8 Å². The van der Waals surface area contributed by atoms with Crippen molar-refractivity contribution >= 4 is 39.1 Å². The Morgan fingerprint density at radius 2 is 1.66 bits per heavy atom. The summed E-state index contributed by atoms with van der Waals surface area (Å²) in [7, 11) is -2.06. The van der Waals surface area contributed by atoms with E-state index in [-0.39, 0.29) is 37.7 Å². The maximum atomic E-state index is 13.8. The number of benzene rings is 3. The number of methoxy groups -OCH3 is 1. The molecule has 8 nitrogen and oxygen atoms in total. The lowest BCUT2D eigenvalue weighted by molar-refractivity contribution is -0.141. The Hall–Kier alpha value is -3.56. The Kier molecular flexibility index (Phi) is 12.0. The zero-order valence-corrected chi connectivity index (χ0v) is 25.3. The third kappa shape index (κ3) is 9.79. The van der Waals surface area contributed by atoms with Gasteiger partial charge in [0.2, 0.25) is 21.8 Å². The largest absolute Gasteiger partial charge is 0.497 e. The van der Waals surface area contributed by atoms with Crippen LogP contribution < -0.4 is 14.4 Å². The highest BCUT2D eigenvalue weighted by Crippen LogP contribution is 2.23. The van der Waals surface area contributed by atoms with Gasteiger partial charge < -0.3 is 15.0 Å². The van der Waals surface area contributed by atoms with Crippen molar-refractivity contribution in [1.82, 2.24) is 10.2 Å². The molecule has 3 aromatic rings. The molecule has 0 bridgehead atoms. The number of sulfonamides is 1. The van der Waals surface area contributed by atoms with Crippen LogP contribution in [0.2, 0.25) is 5.02 Å². The van der Waals surface area contributed by atoms with Gasteiger partial charge in [-0.05, 0) is 60.4 Å². The number of amides is 2. The van der Waals surface area contributed by atoms with Gasteiger partial charge in [-0.1, -0.05) is 61.0 Å². The van der Waals surface area contributed by atoms with Gasteiger partial charge in [-0.15, -0.1) is 0 Å². The third-order valence-electron chi connectivity index (χ3n) is 6.57. The minimum atomic E-state index is -3.60. The predicted octanol–water partition coefficient (Wildman–Crippen LogP) is 5.06. The highest BCUT2D eigenvalue weighted by atomic mass is 35.5. The molecule has 10 heteroatoms. The molecule has 0 aliphatic rings. The first-order chi connectivity index (χ1) is 19.6. The van der Waals surface area contributed by atoms with Crippen LogP contribution in [0.25, 0.3) is 0 Å². The monoisotopic (exact) mass is 599 g/mol. The SMILES string of the molecule is CCCNC(=O)[C@@H](Cc1ccccc1)N(Cc1cccc(Cl)c1)C(=O)CCCN(c1ccc(OC)cc1)S(C)(=O)=O. The third-order valence-corrected chi connectivity index (χ3v) is 8.00. The summed E-state index contributed by atoms with van der Waals surface area (Å²) < 4.78 is 31.7. The van der Waals surface area contributed by atoms with Crippen LogP contribution in [0.5, 0.6) is 5.75 Å². The van der Waals surface area contributed by atoms with Crippen molar-refractivity contribution in [3.63, 3.8) is 0 Å². The zero-order chi connectivity index (χ0) is 29.8. The summed E-state index contributed by atoms with van der Waals surface area (Å²) in [6.45, 7) is 2.75. The Morgan fingerprint density at radius 1 is 0.976 bits per heavy atom. The van der Waals surface area contributed by atoms with Gasteiger partial charge in [-0.3, -0.25) is 13.9 Å². The molecule has 1 N–H and O–H groups in total. The van der Waals surface area contributed by atoms with Crippen LogP contribution in [0, 0.1) is 0 Å². The molecule has 0 radical (unpaired) electrons. The number of carbonyl (C=O) groups excluding carboxylic acids is 2. The second-order valence-corrected chi connectivity index (χ2v) is 12.1. The molecule has 0 aliphatic heterocycles. The number of hydrogen-bond donors (Lipinski definition) is 1. The standard InChI is InChI=1S/C31H38ClN3O5S/c1-4-19-33-31(37)29(22-24-10-6-5-7-11-24)34(23-25-12-8-13-26(32)21-25)30(36)14-9-20-35(41(3,38)39)27-15-17-28(40-2)18-16-27/h5-8,10-13,15-18,21,29H,4,9,14,19-20,22-23H2,1-3H3,(H,33,37)/t29-/m1/s1. The minimum Gasteiger partial charge on any atom is -0.497 e. The maximum absolute atomic E-state index is 13.8. The molecule has 0 unspecified atom stereocenters. The van der Waals surface area contributed by atoms with E-state index in [1.54, 1.807) is 41.3 Å². The Bertz CT molecular complexity index is 1380. The Labute approximate surface area is 248 Å². The van der Waals surface area contributed by atoms with E-state index in [1.165, 1.54) is 11.4 Å². The molecular formula is C31H38ClN3O5S. The molecular weight excluding hydrogens is 562 g/mol. The van der Waals surface area contributed by atoms with Gasteiger partial charge in [-0.2, -0.15) is 0 Å². The van der Waals surface area contributed by atoms with Crippen LogP contribution in [0.15, 0.2) is 78.9 Å². The average molecular weight is 600 g/mol. The van der Waals surface area contributed by atoms with Crippen LogP contribution in [0.1, 0.15) is 37.3 Å². The van der Waals surface area contributed by atoms with E-state index in [1.807, 2.05) is 49.4 Å². The number of ether oxygens (including phenoxy) is 1. The van der Waals surface area contributed by atoms with Crippen molar-refractivity contribution in [1.29, 1.82) is 0 Å². The lowest BCUT2D eigenvalue weighted by Gasteiger charge is -2.32. The molecule has 0 aromatic heterocycles. The van der Waals surface area contributed by atoms with Crippen molar-refractivity contribution in [2.75, 3.05) is 30.8 Å². The van der Waals surface area contributed by atoms with Gasteiger partial charge in [-0.25, -0.2) is 8.42 Å². The topological polar surface area (TPSA) is 96.0 Å². The summed E-state index contributed by atoms with van der Waals surface area (Å²) in [6.07, 6.45) is 2.55. The van der Waals surface area contributed by atoms with Crippen molar-refractivity contribution < 1.29 is 22.7 Å². The first-order valence-corrected chi connectivity index (χ1v) is 15.8. The fourth-order valence-corrected chi connectivity index (χ4v) is 5.68. The van der Waals surface area contributed by atoms with E-state index in [4.69, 9.17) is 16.3 Å². The summed E-state index contributed by atoms with van der Waals surface area (Å²) >= 11 is 6.23. The van der Waals surface area contributed by atoms with Gasteiger partial charge in [0.15, 0.2) is 0 Å². The van der Waals surface area contributed by atoms with E-state index < -0.39 is 16.1 Å². The average Bonchev–Trinajstić information content (AvgIpc) is 2.95. The highest BCUT2D eigenvalue weighted by molar-refractivity contribution is 7.92. The van der Waals surface area contributed by atoms with Crippen LogP contribution >= 0.6 is 11.6 Å². The summed E-state index contributed by atoms with van der Waals surface area (Å²) in [4.78, 5) is 28.8. The maximum Gasteiger partial charge on any atom is 0.243 e. The Morgan fingerprint density at radius 3 is 2.27 bits per heavy atom. The van der Waals surface area contributed by atoms with E-state index in [0.717, 1.165) is 23.8 Å². The van der Waals surface area contributed by atoms with E-state index >= 15 is 0 Å². The quantitative estimate of drug-likeness (QED) is 0.263. The lowest BCUT2D eigenvalue weighted by Crippen LogP contribution is -2.50. The summed E-state index contributed by atoms with van der Waals surface area (Å²) in [5.41, 5.74) is 2.21. The molecule has 41 heavy (non-hydrogen) atoms. The highest BCUT2D eigenvalue weighted by Gasteiger charge is 2.30. The number of rotatable bonds is 15. The van der Waals surface area contributed by atoms with Crippen molar-refractivity contribution in [3.8, 4) is 5.75 Å². The lowest BCUT2D eigenvalue weighted by atomic mass is 10.0. The van der Waals surface area contributed by atoms with Crippen LogP contribution in [0.4, 0.5) is 5.69 Å². The number of hydrogen-bond acceptors (Lipinski definition) is 5. The second-order valence-electron chi connectivity index (χ2n) is 9.78. The number of anilines is 1. The number of nitrogens with one attached hydrogen (secondary N) is 1. The molecule has 1 atom stereocenters. The normalized spacial score (nSPS) is 11.9. The van der Waals surface area contributed by atoms with Gasteiger partial charge in [0.05, 0.1) is 19.1 Å². The second kappa shape index (κ2) is 15.4. The van der Waals surface area contributed by atoms with E-state index in [0.29, 0.717) is 29.4 Å². The molecule has 220 valence electrons. The molecule has 0 spiro atoms. The summed E-state index contributed by atoms with van der Waals surface area (Å²) in [6, 6.07) is 22.7. The molecule has 0 fully saturated rings. The van der Waals surface area contributed by atoms with Crippen molar-refractivity contribution in [2.24, 2.45) is 0 Å². The van der Waals surface area contributed by atoms with Gasteiger partial charge in [0, 0.05) is 37.5 Å². The smallest absolute Gasteiger partial charge is 0.243 e. The van der Waals surface area contributed by atoms with E-state index in [9.17, 15) is 18.0 Å². The molecule has 3 aromatic carbocycles. The number of nitrogens with zero attached hydrogens (tertiary/aromatic N) is 2. The molecule has 3 rings (SSSR count). The summed E-state index contributed by atoms with van der Waals surface area (Å²) in [5, 5.41) is 3.49. The molecule has 0 heterocycles. The first kappa shape index (κ1) is 32.0. The molecule has 2 amide bonds. The van der Waals surface area contributed by atoms with E-state index in [2.05, 4.69) is 5.32 Å². The minimum absolute atomic E-state index is 0.0507. The molecule has 0 saturated heterocycles. The van der Waals surface area contributed by atoms with Crippen LogP contribution in [0.3, 0.4) is 0 Å². The molecule has 0 saturated carbocycles. The number of halogens is 1. The van der Waals surface area contributed by atoms with Gasteiger partial charge in [0.25, 0.3) is 0 Å². The fourth-order valence-electron chi connectivity index (χ4n) is 4.50. The van der Waals surface area contributed by atoms with Crippen molar-refractivity contribution in [2.45, 2.75) is 45.2 Å². The first-order valence-electron chi connectivity index (χ1n) is 13.6. The fraction of sp³-hybridized carbons (Fsp3) is 0.355. The summed E-state index contributed by atoms with van der Waals surface area (Å²) in [5.74, 6) is 0.127. The van der Waals surface area contributed by atoms with Crippen molar-refractivity contribution in [3.05, 3.63) is 95.0 Å². The number of carbonyl (C=O) groups is 2. The zero-order valence-electron chi connectivity index (χ0n) is 23.8. The predicted molar refractivity (Wildman–Crippen MR) is 164 cm³/mol. The Balaban J connectivity index is 1.86.